The minimum atomic E-state index is 0.0932. The molecule has 118 valence electrons. The lowest BCUT2D eigenvalue weighted by molar-refractivity contribution is -0.134. The molecule has 1 amide bonds. The van der Waals surface area contributed by atoms with Crippen LogP contribution in [0.25, 0.3) is 0 Å². The molecule has 2 aliphatic heterocycles. The van der Waals surface area contributed by atoms with Gasteiger partial charge in [-0.2, -0.15) is 0 Å². The van der Waals surface area contributed by atoms with E-state index in [2.05, 4.69) is 44.9 Å². The summed E-state index contributed by atoms with van der Waals surface area (Å²) < 4.78 is 1.05. The van der Waals surface area contributed by atoms with E-state index in [0.29, 0.717) is 11.8 Å². The Morgan fingerprint density at radius 1 is 1.36 bits per heavy atom. The Morgan fingerprint density at radius 2 is 2.14 bits per heavy atom. The van der Waals surface area contributed by atoms with Crippen molar-refractivity contribution in [3.8, 4) is 0 Å². The van der Waals surface area contributed by atoms with Crippen molar-refractivity contribution in [1.29, 1.82) is 0 Å². The predicted octanol–water partition coefficient (Wildman–Crippen LogP) is 2.56. The normalized spacial score (nSPS) is 30.2. The zero-order valence-electron chi connectivity index (χ0n) is 12.7. The van der Waals surface area contributed by atoms with Gasteiger partial charge in [-0.05, 0) is 43.0 Å². The van der Waals surface area contributed by atoms with E-state index < -0.39 is 0 Å². The van der Waals surface area contributed by atoms with E-state index in [1.165, 1.54) is 5.56 Å². The summed E-state index contributed by atoms with van der Waals surface area (Å²) in [4.78, 5) is 16.9. The lowest BCUT2D eigenvalue weighted by atomic mass is 9.82. The number of rotatable bonds is 2. The van der Waals surface area contributed by atoms with E-state index in [0.717, 1.165) is 36.0 Å². The molecule has 5 heteroatoms. The van der Waals surface area contributed by atoms with Crippen molar-refractivity contribution in [3.63, 3.8) is 0 Å². The maximum atomic E-state index is 12.7. The second-order valence-corrected chi connectivity index (χ2v) is 7.68. The molecule has 1 aromatic rings. The summed E-state index contributed by atoms with van der Waals surface area (Å²) in [5, 5.41) is 9.88. The molecule has 0 aromatic heterocycles. The zero-order valence-corrected chi connectivity index (χ0v) is 14.3. The predicted molar refractivity (Wildman–Crippen MR) is 88.7 cm³/mol. The van der Waals surface area contributed by atoms with Gasteiger partial charge >= 0.3 is 0 Å². The Kier molecular flexibility index (Phi) is 3.46. The van der Waals surface area contributed by atoms with Gasteiger partial charge in [0.05, 0.1) is 18.7 Å². The molecular formula is C17H21BrN2O2. The maximum absolute atomic E-state index is 12.7. The van der Waals surface area contributed by atoms with Gasteiger partial charge in [0.2, 0.25) is 5.91 Å². The van der Waals surface area contributed by atoms with Crippen LogP contribution in [0.3, 0.4) is 0 Å². The van der Waals surface area contributed by atoms with Gasteiger partial charge in [0.25, 0.3) is 0 Å². The number of anilines is 1. The van der Waals surface area contributed by atoms with E-state index in [1.807, 2.05) is 6.07 Å². The van der Waals surface area contributed by atoms with Gasteiger partial charge in [-0.1, -0.05) is 15.9 Å². The second-order valence-electron chi connectivity index (χ2n) is 6.77. The molecule has 0 spiro atoms. The van der Waals surface area contributed by atoms with Gasteiger partial charge in [-0.3, -0.25) is 4.79 Å². The number of likely N-dealkylation sites (N-methyl/N-ethyl adjacent to an activating group) is 1. The summed E-state index contributed by atoms with van der Waals surface area (Å²) in [6.07, 6.45) is 3.06. The quantitative estimate of drug-likeness (QED) is 0.876. The number of aliphatic hydroxyl groups is 1. The third-order valence-corrected chi connectivity index (χ3v) is 6.01. The summed E-state index contributed by atoms with van der Waals surface area (Å²) in [5.41, 5.74) is 2.36. The summed E-state index contributed by atoms with van der Waals surface area (Å²) in [6.45, 7) is 0.958. The molecule has 0 bridgehead atoms. The monoisotopic (exact) mass is 364 g/mol. The number of benzene rings is 1. The highest BCUT2D eigenvalue weighted by atomic mass is 79.9. The van der Waals surface area contributed by atoms with Gasteiger partial charge in [-0.25, -0.2) is 0 Å². The van der Waals surface area contributed by atoms with Crippen molar-refractivity contribution in [3.05, 3.63) is 28.2 Å². The molecule has 1 aromatic carbocycles. The highest BCUT2D eigenvalue weighted by Crippen LogP contribution is 2.50. The number of halogens is 1. The van der Waals surface area contributed by atoms with Crippen LogP contribution in [0.4, 0.5) is 5.69 Å². The first-order valence-electron chi connectivity index (χ1n) is 8.05. The van der Waals surface area contributed by atoms with Gasteiger partial charge in [0.1, 0.15) is 0 Å². The van der Waals surface area contributed by atoms with Gasteiger partial charge in [-0.15, -0.1) is 0 Å². The van der Waals surface area contributed by atoms with Crippen LogP contribution < -0.4 is 4.90 Å². The van der Waals surface area contributed by atoms with Crippen molar-refractivity contribution in [1.82, 2.24) is 4.90 Å². The van der Waals surface area contributed by atoms with Gasteiger partial charge in [0, 0.05) is 35.6 Å². The first-order valence-corrected chi connectivity index (χ1v) is 8.84. The number of hydrogen-bond donors (Lipinski definition) is 1. The van der Waals surface area contributed by atoms with Crippen LogP contribution in [0.1, 0.15) is 30.9 Å². The SMILES string of the molecule is CN1c2ccc(Br)cc2[C@H]2[C@H](CCN2C(=O)C2CC2)[C@H]1CO. The Bertz CT molecular complexity index is 617. The Hall–Kier alpha value is -1.07. The largest absolute Gasteiger partial charge is 0.394 e. The Balaban J connectivity index is 1.79. The van der Waals surface area contributed by atoms with Crippen molar-refractivity contribution in [2.24, 2.45) is 11.8 Å². The van der Waals surface area contributed by atoms with E-state index in [9.17, 15) is 9.90 Å². The number of carbonyl (C=O) groups excluding carboxylic acids is 1. The van der Waals surface area contributed by atoms with Crippen LogP contribution in [-0.2, 0) is 4.79 Å². The highest BCUT2D eigenvalue weighted by molar-refractivity contribution is 9.10. The smallest absolute Gasteiger partial charge is 0.226 e. The van der Waals surface area contributed by atoms with E-state index in [1.54, 1.807) is 0 Å². The zero-order chi connectivity index (χ0) is 15.4. The van der Waals surface area contributed by atoms with E-state index in [-0.39, 0.29) is 24.6 Å². The van der Waals surface area contributed by atoms with Crippen LogP contribution >= 0.6 is 15.9 Å². The van der Waals surface area contributed by atoms with Crippen LogP contribution in [-0.4, -0.2) is 42.2 Å². The van der Waals surface area contributed by atoms with Crippen LogP contribution in [0.15, 0.2) is 22.7 Å². The number of hydrogen-bond acceptors (Lipinski definition) is 3. The molecule has 3 atom stereocenters. The molecule has 1 saturated heterocycles. The third kappa shape index (κ3) is 2.09. The molecule has 2 fully saturated rings. The average molecular weight is 365 g/mol. The van der Waals surface area contributed by atoms with Crippen LogP contribution in [0.2, 0.25) is 0 Å². The fourth-order valence-electron chi connectivity index (χ4n) is 4.24. The number of nitrogens with zero attached hydrogens (tertiary/aromatic N) is 2. The lowest BCUT2D eigenvalue weighted by Gasteiger charge is -2.44. The number of amides is 1. The van der Waals surface area contributed by atoms with Gasteiger partial charge in [0.15, 0.2) is 0 Å². The van der Waals surface area contributed by atoms with Crippen LogP contribution in [0, 0.1) is 11.8 Å². The maximum Gasteiger partial charge on any atom is 0.226 e. The molecule has 4 nitrogen and oxygen atoms in total. The van der Waals surface area contributed by atoms with Crippen molar-refractivity contribution in [2.75, 3.05) is 25.1 Å². The lowest BCUT2D eigenvalue weighted by Crippen LogP contribution is -2.48. The first-order chi connectivity index (χ1) is 10.6. The minimum Gasteiger partial charge on any atom is -0.394 e. The topological polar surface area (TPSA) is 43.8 Å². The molecule has 0 unspecified atom stereocenters. The standard InChI is InChI=1S/C17H21BrN2O2/c1-19-14-5-4-11(18)8-13(14)16-12(15(19)9-21)6-7-20(16)17(22)10-2-3-10/h4-5,8,10,12,15-16,21H,2-3,6-7,9H2,1H3/t12-,15-,16-/m1/s1. The number of fused-ring (bicyclic) bond motifs is 3. The molecule has 2 heterocycles. The van der Waals surface area contributed by atoms with Crippen molar-refractivity contribution < 1.29 is 9.90 Å². The fraction of sp³-hybridized carbons (Fsp3) is 0.588. The van der Waals surface area contributed by atoms with Crippen LogP contribution in [0.5, 0.6) is 0 Å². The molecule has 22 heavy (non-hydrogen) atoms. The van der Waals surface area contributed by atoms with E-state index >= 15 is 0 Å². The molecule has 3 aliphatic rings. The second kappa shape index (κ2) is 5.24. The third-order valence-electron chi connectivity index (χ3n) is 5.52. The summed E-state index contributed by atoms with van der Waals surface area (Å²) in [7, 11) is 2.05. The number of aliphatic hydroxyl groups excluding tert-OH is 1. The Morgan fingerprint density at radius 3 is 2.82 bits per heavy atom. The molecule has 0 radical (unpaired) electrons. The summed E-state index contributed by atoms with van der Waals surface area (Å²) in [5.74, 6) is 0.890. The molecular weight excluding hydrogens is 344 g/mol. The first kappa shape index (κ1) is 14.5. The number of carbonyl (C=O) groups is 1. The fourth-order valence-corrected chi connectivity index (χ4v) is 4.62. The average Bonchev–Trinajstić information content (AvgIpc) is 3.26. The molecule has 1 aliphatic carbocycles. The van der Waals surface area contributed by atoms with E-state index in [4.69, 9.17) is 0 Å². The summed E-state index contributed by atoms with van der Waals surface area (Å²) in [6, 6.07) is 6.49. The highest BCUT2D eigenvalue weighted by Gasteiger charge is 2.49. The molecule has 4 rings (SSSR count). The van der Waals surface area contributed by atoms with Gasteiger partial charge < -0.3 is 14.9 Å². The summed E-state index contributed by atoms with van der Waals surface area (Å²) >= 11 is 3.57. The molecule has 1 N–H and O–H groups in total. The Labute approximate surface area is 139 Å². The molecule has 1 saturated carbocycles. The minimum absolute atomic E-state index is 0.0932. The number of likely N-dealkylation sites (tertiary alicyclic amines) is 1. The van der Waals surface area contributed by atoms with Crippen molar-refractivity contribution in [2.45, 2.75) is 31.3 Å². The van der Waals surface area contributed by atoms with Crippen molar-refractivity contribution >= 4 is 27.5 Å².